The Morgan fingerprint density at radius 1 is 1.39 bits per heavy atom. The molecule has 0 aliphatic carbocycles. The van der Waals surface area contributed by atoms with Crippen LogP contribution in [-0.2, 0) is 13.1 Å². The molecule has 0 radical (unpaired) electrons. The molecule has 1 unspecified atom stereocenters. The molecule has 0 spiro atoms. The summed E-state index contributed by atoms with van der Waals surface area (Å²) >= 11 is 6.89. The van der Waals surface area contributed by atoms with Crippen molar-refractivity contribution in [3.8, 4) is 0 Å². The minimum Gasteiger partial charge on any atom is -0.322 e. The Morgan fingerprint density at radius 2 is 2.17 bits per heavy atom. The summed E-state index contributed by atoms with van der Waals surface area (Å²) in [7, 11) is 2.11. The molecule has 0 saturated heterocycles. The predicted octanol–water partition coefficient (Wildman–Crippen LogP) is 3.62. The summed E-state index contributed by atoms with van der Waals surface area (Å²) < 4.78 is 1.16. The van der Waals surface area contributed by atoms with E-state index in [9.17, 15) is 0 Å². The van der Waals surface area contributed by atoms with Crippen LogP contribution in [0.3, 0.4) is 0 Å². The van der Waals surface area contributed by atoms with Crippen LogP contribution in [0.5, 0.6) is 0 Å². The highest BCUT2D eigenvalue weighted by atomic mass is 79.9. The summed E-state index contributed by atoms with van der Waals surface area (Å²) in [5, 5.41) is 5.22. The first kappa shape index (κ1) is 14.1. The van der Waals surface area contributed by atoms with Crippen LogP contribution in [0.25, 0.3) is 0 Å². The Labute approximate surface area is 124 Å². The number of nitrogens with zero attached hydrogens (tertiary/aromatic N) is 2. The topological polar surface area (TPSA) is 42.1 Å². The molecule has 0 fully saturated rings. The number of hydrogen-bond donors (Lipinski definition) is 1. The Bertz CT molecular complexity index is 507. The van der Waals surface area contributed by atoms with Crippen molar-refractivity contribution in [1.29, 1.82) is 0 Å². The Balaban J connectivity index is 1.92. The number of aromatic nitrogens is 1. The van der Waals surface area contributed by atoms with Gasteiger partial charge >= 0.3 is 0 Å². The second-order valence-corrected chi connectivity index (χ2v) is 7.17. The van der Waals surface area contributed by atoms with Gasteiger partial charge in [-0.2, -0.15) is 0 Å². The van der Waals surface area contributed by atoms with Crippen molar-refractivity contribution in [1.82, 2.24) is 9.88 Å². The molecule has 0 saturated carbocycles. The fourth-order valence-corrected chi connectivity index (χ4v) is 3.94. The van der Waals surface area contributed by atoms with Crippen molar-refractivity contribution in [3.63, 3.8) is 0 Å². The third-order valence-electron chi connectivity index (χ3n) is 2.44. The molecule has 2 rings (SSSR count). The lowest BCUT2D eigenvalue weighted by molar-refractivity contribution is 0.318. The molecule has 2 heterocycles. The van der Waals surface area contributed by atoms with E-state index in [4.69, 9.17) is 5.73 Å². The van der Waals surface area contributed by atoms with E-state index in [1.54, 1.807) is 22.7 Å². The lowest BCUT2D eigenvalue weighted by Gasteiger charge is -2.13. The fourth-order valence-electron chi connectivity index (χ4n) is 1.64. The quantitative estimate of drug-likeness (QED) is 0.899. The van der Waals surface area contributed by atoms with Gasteiger partial charge in [0.1, 0.15) is 5.01 Å². The summed E-state index contributed by atoms with van der Waals surface area (Å²) in [6, 6.07) is 2.19. The Hall–Kier alpha value is -0.270. The normalized spacial score (nSPS) is 13.2. The molecule has 6 heteroatoms. The van der Waals surface area contributed by atoms with Gasteiger partial charge in [0.05, 0.1) is 11.7 Å². The van der Waals surface area contributed by atoms with E-state index in [0.717, 1.165) is 28.3 Å². The molecule has 0 aliphatic rings. The largest absolute Gasteiger partial charge is 0.322 e. The van der Waals surface area contributed by atoms with Crippen LogP contribution in [0.1, 0.15) is 28.5 Å². The first-order valence-corrected chi connectivity index (χ1v) is 8.21. The van der Waals surface area contributed by atoms with E-state index in [1.165, 1.54) is 4.88 Å². The minimum absolute atomic E-state index is 0.0299. The second-order valence-electron chi connectivity index (χ2n) is 4.37. The lowest BCUT2D eigenvalue weighted by Crippen LogP contribution is -2.17. The van der Waals surface area contributed by atoms with Crippen LogP contribution in [0.2, 0.25) is 0 Å². The minimum atomic E-state index is 0.0299. The summed E-state index contributed by atoms with van der Waals surface area (Å²) in [5.41, 5.74) is 6.92. The molecule has 0 aromatic carbocycles. The number of rotatable bonds is 5. The van der Waals surface area contributed by atoms with E-state index in [0.29, 0.717) is 0 Å². The summed E-state index contributed by atoms with van der Waals surface area (Å²) in [6.07, 6.45) is 0. The maximum atomic E-state index is 5.81. The third kappa shape index (κ3) is 3.86. The molecular weight excluding hydrogens is 330 g/mol. The smallest absolute Gasteiger partial charge is 0.109 e. The zero-order valence-electron chi connectivity index (χ0n) is 10.4. The van der Waals surface area contributed by atoms with Gasteiger partial charge in [0.15, 0.2) is 0 Å². The number of halogens is 1. The molecule has 0 aliphatic heterocycles. The molecule has 2 aromatic heterocycles. The molecule has 98 valence electrons. The maximum Gasteiger partial charge on any atom is 0.109 e. The maximum absolute atomic E-state index is 5.81. The van der Waals surface area contributed by atoms with Gasteiger partial charge in [-0.05, 0) is 36.0 Å². The van der Waals surface area contributed by atoms with Crippen molar-refractivity contribution < 1.29 is 0 Å². The van der Waals surface area contributed by atoms with Crippen LogP contribution >= 0.6 is 38.6 Å². The summed E-state index contributed by atoms with van der Waals surface area (Å²) in [5.74, 6) is 0. The fraction of sp³-hybridized carbons (Fsp3) is 0.417. The van der Waals surface area contributed by atoms with Crippen molar-refractivity contribution in [3.05, 3.63) is 36.9 Å². The van der Waals surface area contributed by atoms with Gasteiger partial charge in [-0.1, -0.05) is 0 Å². The van der Waals surface area contributed by atoms with E-state index in [1.807, 2.05) is 6.92 Å². The zero-order chi connectivity index (χ0) is 13.1. The highest BCUT2D eigenvalue weighted by Gasteiger charge is 2.09. The monoisotopic (exact) mass is 345 g/mol. The molecule has 2 aromatic rings. The van der Waals surface area contributed by atoms with Gasteiger partial charge in [-0.15, -0.1) is 22.7 Å². The standard InChI is InChI=1S/C12H16BrN3S2/c1-8(14)12-15-10(7-18-12)4-16(2)5-11-3-9(13)6-17-11/h3,6-8H,4-5,14H2,1-2H3. The van der Waals surface area contributed by atoms with Gasteiger partial charge in [0, 0.05) is 33.2 Å². The molecular formula is C12H16BrN3S2. The summed E-state index contributed by atoms with van der Waals surface area (Å²) in [4.78, 5) is 8.16. The molecule has 3 nitrogen and oxygen atoms in total. The van der Waals surface area contributed by atoms with E-state index < -0.39 is 0 Å². The average molecular weight is 346 g/mol. The molecule has 2 N–H and O–H groups in total. The van der Waals surface area contributed by atoms with Gasteiger partial charge in [-0.25, -0.2) is 4.98 Å². The molecule has 1 atom stereocenters. The van der Waals surface area contributed by atoms with E-state index in [2.05, 4.69) is 49.7 Å². The van der Waals surface area contributed by atoms with E-state index >= 15 is 0 Å². The Morgan fingerprint density at radius 3 is 2.72 bits per heavy atom. The molecule has 0 amide bonds. The number of thiophene rings is 1. The van der Waals surface area contributed by atoms with Crippen LogP contribution in [0, 0.1) is 0 Å². The summed E-state index contributed by atoms with van der Waals surface area (Å²) in [6.45, 7) is 3.77. The van der Waals surface area contributed by atoms with Crippen LogP contribution in [0.15, 0.2) is 21.3 Å². The van der Waals surface area contributed by atoms with Crippen LogP contribution in [0.4, 0.5) is 0 Å². The van der Waals surface area contributed by atoms with Crippen LogP contribution in [-0.4, -0.2) is 16.9 Å². The van der Waals surface area contributed by atoms with E-state index in [-0.39, 0.29) is 6.04 Å². The lowest BCUT2D eigenvalue weighted by atomic mass is 10.3. The Kier molecular flexibility index (Phi) is 4.91. The molecule has 0 bridgehead atoms. The van der Waals surface area contributed by atoms with Gasteiger partial charge in [0.25, 0.3) is 0 Å². The number of hydrogen-bond acceptors (Lipinski definition) is 5. The zero-order valence-corrected chi connectivity index (χ0v) is 13.6. The predicted molar refractivity (Wildman–Crippen MR) is 81.9 cm³/mol. The van der Waals surface area contributed by atoms with Crippen molar-refractivity contribution in [2.45, 2.75) is 26.1 Å². The average Bonchev–Trinajstić information content (AvgIpc) is 2.88. The van der Waals surface area contributed by atoms with Crippen molar-refractivity contribution >= 4 is 38.6 Å². The van der Waals surface area contributed by atoms with Gasteiger partial charge in [-0.3, -0.25) is 4.90 Å². The van der Waals surface area contributed by atoms with Crippen LogP contribution < -0.4 is 5.73 Å². The second kappa shape index (κ2) is 6.25. The van der Waals surface area contributed by atoms with Crippen molar-refractivity contribution in [2.75, 3.05) is 7.05 Å². The first-order valence-electron chi connectivity index (χ1n) is 5.66. The third-order valence-corrected chi connectivity index (χ3v) is 5.22. The SMILES string of the molecule is CC(N)c1nc(CN(C)Cc2cc(Br)cs2)cs1. The number of nitrogens with two attached hydrogens (primary N) is 1. The highest BCUT2D eigenvalue weighted by Crippen LogP contribution is 2.22. The first-order chi connectivity index (χ1) is 8.54. The molecule has 18 heavy (non-hydrogen) atoms. The van der Waals surface area contributed by atoms with Gasteiger partial charge < -0.3 is 5.73 Å². The highest BCUT2D eigenvalue weighted by molar-refractivity contribution is 9.10. The van der Waals surface area contributed by atoms with Crippen molar-refractivity contribution in [2.24, 2.45) is 5.73 Å². The number of thiazole rings is 1. The van der Waals surface area contributed by atoms with Gasteiger partial charge in [0.2, 0.25) is 0 Å².